The number of hydrogen-bond donors (Lipinski definition) is 1. The van der Waals surface area contributed by atoms with E-state index in [0.717, 1.165) is 41.2 Å². The van der Waals surface area contributed by atoms with E-state index >= 15 is 0 Å². The second kappa shape index (κ2) is 7.67. The number of nitrogens with one attached hydrogen (secondary N) is 1. The Morgan fingerprint density at radius 3 is 2.35 bits per heavy atom. The van der Waals surface area contributed by atoms with Gasteiger partial charge in [-0.05, 0) is 53.1 Å². The number of rotatable bonds is 5. The molecular formula is C13H19BrN2S. The number of anilines is 1. The van der Waals surface area contributed by atoms with Gasteiger partial charge < -0.3 is 10.2 Å². The van der Waals surface area contributed by atoms with Crippen LogP contribution in [0, 0.1) is 0 Å². The van der Waals surface area contributed by atoms with Gasteiger partial charge in [0.1, 0.15) is 0 Å². The van der Waals surface area contributed by atoms with E-state index in [0.29, 0.717) is 0 Å². The van der Waals surface area contributed by atoms with Gasteiger partial charge in [0, 0.05) is 17.6 Å². The van der Waals surface area contributed by atoms with Crippen LogP contribution in [0.25, 0.3) is 0 Å². The number of thiocarbonyl (C=S) groups is 1. The Balaban J connectivity index is 2.66. The first-order chi connectivity index (χ1) is 8.19. The molecule has 0 aromatic heterocycles. The number of benzene rings is 1. The van der Waals surface area contributed by atoms with Gasteiger partial charge >= 0.3 is 0 Å². The highest BCUT2D eigenvalue weighted by molar-refractivity contribution is 9.10. The van der Waals surface area contributed by atoms with E-state index in [-0.39, 0.29) is 0 Å². The Hall–Kier alpha value is -0.610. The molecular weight excluding hydrogens is 296 g/mol. The first-order valence-corrected chi connectivity index (χ1v) is 7.19. The Kier molecular flexibility index (Phi) is 6.52. The molecule has 1 aromatic rings. The molecule has 0 aliphatic heterocycles. The first kappa shape index (κ1) is 14.5. The lowest BCUT2D eigenvalue weighted by atomic mass is 10.3. The number of para-hydroxylation sites is 1. The third-order valence-corrected chi connectivity index (χ3v) is 3.44. The van der Waals surface area contributed by atoms with Crippen molar-refractivity contribution in [2.45, 2.75) is 26.7 Å². The minimum atomic E-state index is 0.806. The van der Waals surface area contributed by atoms with Crippen molar-refractivity contribution in [2.75, 3.05) is 18.4 Å². The summed E-state index contributed by atoms with van der Waals surface area (Å²) in [5, 5.41) is 4.10. The SMILES string of the molecule is CCCN(CCC)C(=S)Nc1ccccc1Br. The fraction of sp³-hybridized carbons (Fsp3) is 0.462. The van der Waals surface area contributed by atoms with Gasteiger partial charge in [-0.2, -0.15) is 0 Å². The fourth-order valence-corrected chi connectivity index (χ4v) is 2.29. The van der Waals surface area contributed by atoms with Crippen LogP contribution >= 0.6 is 28.1 Å². The van der Waals surface area contributed by atoms with E-state index < -0.39 is 0 Å². The summed E-state index contributed by atoms with van der Waals surface area (Å²) in [4.78, 5) is 2.22. The summed E-state index contributed by atoms with van der Waals surface area (Å²) >= 11 is 8.95. The topological polar surface area (TPSA) is 15.3 Å². The molecule has 1 N–H and O–H groups in total. The predicted molar refractivity (Wildman–Crippen MR) is 82.5 cm³/mol. The molecule has 0 spiro atoms. The zero-order valence-electron chi connectivity index (χ0n) is 10.4. The molecule has 0 radical (unpaired) electrons. The maximum absolute atomic E-state index is 5.44. The van der Waals surface area contributed by atoms with Crippen molar-refractivity contribution < 1.29 is 0 Å². The fourth-order valence-electron chi connectivity index (χ4n) is 1.61. The van der Waals surface area contributed by atoms with E-state index in [1.165, 1.54) is 0 Å². The molecule has 0 amide bonds. The van der Waals surface area contributed by atoms with Gasteiger partial charge in [-0.25, -0.2) is 0 Å². The van der Waals surface area contributed by atoms with Crippen molar-refractivity contribution in [2.24, 2.45) is 0 Å². The summed E-state index contributed by atoms with van der Waals surface area (Å²) < 4.78 is 1.04. The molecule has 94 valence electrons. The van der Waals surface area contributed by atoms with Crippen LogP contribution in [0.15, 0.2) is 28.7 Å². The molecule has 1 aromatic carbocycles. The normalized spacial score (nSPS) is 10.1. The molecule has 4 heteroatoms. The van der Waals surface area contributed by atoms with Crippen LogP contribution in [0.3, 0.4) is 0 Å². The number of nitrogens with zero attached hydrogens (tertiary/aromatic N) is 1. The van der Waals surface area contributed by atoms with Crippen molar-refractivity contribution in [3.63, 3.8) is 0 Å². The van der Waals surface area contributed by atoms with Gasteiger partial charge in [0.05, 0.1) is 5.69 Å². The van der Waals surface area contributed by atoms with Crippen LogP contribution in [0.1, 0.15) is 26.7 Å². The van der Waals surface area contributed by atoms with Crippen LogP contribution in [0.5, 0.6) is 0 Å². The summed E-state index contributed by atoms with van der Waals surface area (Å²) in [5.74, 6) is 0. The van der Waals surface area contributed by atoms with Gasteiger partial charge in [-0.15, -0.1) is 0 Å². The van der Waals surface area contributed by atoms with Gasteiger partial charge in [0.2, 0.25) is 0 Å². The van der Waals surface area contributed by atoms with Gasteiger partial charge in [-0.1, -0.05) is 26.0 Å². The number of halogens is 1. The second-order valence-corrected chi connectivity index (χ2v) is 5.14. The Morgan fingerprint density at radius 2 is 1.82 bits per heavy atom. The Morgan fingerprint density at radius 1 is 1.24 bits per heavy atom. The lowest BCUT2D eigenvalue weighted by molar-refractivity contribution is 0.423. The molecule has 0 atom stereocenters. The minimum absolute atomic E-state index is 0.806. The molecule has 1 rings (SSSR count). The Labute approximate surface area is 118 Å². The summed E-state index contributed by atoms with van der Waals surface area (Å²) in [6.07, 6.45) is 2.22. The highest BCUT2D eigenvalue weighted by atomic mass is 79.9. The lowest BCUT2D eigenvalue weighted by Crippen LogP contribution is -2.36. The molecule has 0 bridgehead atoms. The molecule has 0 saturated carbocycles. The van der Waals surface area contributed by atoms with E-state index in [1.54, 1.807) is 0 Å². The van der Waals surface area contributed by atoms with Crippen LogP contribution in [0.2, 0.25) is 0 Å². The van der Waals surface area contributed by atoms with Crippen molar-refractivity contribution in [3.8, 4) is 0 Å². The monoisotopic (exact) mass is 314 g/mol. The van der Waals surface area contributed by atoms with Crippen LogP contribution in [-0.2, 0) is 0 Å². The van der Waals surface area contributed by atoms with E-state index in [2.05, 4.69) is 40.0 Å². The average Bonchev–Trinajstić information content (AvgIpc) is 2.32. The van der Waals surface area contributed by atoms with Gasteiger partial charge in [0.25, 0.3) is 0 Å². The number of hydrogen-bond acceptors (Lipinski definition) is 1. The van der Waals surface area contributed by atoms with Gasteiger partial charge in [0.15, 0.2) is 5.11 Å². The highest BCUT2D eigenvalue weighted by Crippen LogP contribution is 2.21. The maximum atomic E-state index is 5.44. The molecule has 0 unspecified atom stereocenters. The van der Waals surface area contributed by atoms with Crippen LogP contribution in [0.4, 0.5) is 5.69 Å². The summed E-state index contributed by atoms with van der Waals surface area (Å²) in [6.45, 7) is 6.35. The lowest BCUT2D eigenvalue weighted by Gasteiger charge is -2.25. The zero-order valence-corrected chi connectivity index (χ0v) is 12.8. The smallest absolute Gasteiger partial charge is 0.173 e. The average molecular weight is 315 g/mol. The van der Waals surface area contributed by atoms with Crippen molar-refractivity contribution in [1.29, 1.82) is 0 Å². The summed E-state index contributed by atoms with van der Waals surface area (Å²) in [7, 11) is 0. The highest BCUT2D eigenvalue weighted by Gasteiger charge is 2.08. The maximum Gasteiger partial charge on any atom is 0.173 e. The predicted octanol–water partition coefficient (Wildman–Crippen LogP) is 4.27. The first-order valence-electron chi connectivity index (χ1n) is 5.99. The molecule has 0 saturated heterocycles. The van der Waals surface area contributed by atoms with Crippen molar-refractivity contribution in [3.05, 3.63) is 28.7 Å². The molecule has 0 fully saturated rings. The minimum Gasteiger partial charge on any atom is -0.349 e. The van der Waals surface area contributed by atoms with E-state index in [4.69, 9.17) is 12.2 Å². The second-order valence-electron chi connectivity index (χ2n) is 3.90. The van der Waals surface area contributed by atoms with Crippen LogP contribution < -0.4 is 5.32 Å². The van der Waals surface area contributed by atoms with Crippen LogP contribution in [-0.4, -0.2) is 23.1 Å². The molecule has 0 aliphatic rings. The van der Waals surface area contributed by atoms with Crippen molar-refractivity contribution >= 4 is 38.9 Å². The molecule has 17 heavy (non-hydrogen) atoms. The molecule has 2 nitrogen and oxygen atoms in total. The zero-order chi connectivity index (χ0) is 12.7. The van der Waals surface area contributed by atoms with E-state index in [9.17, 15) is 0 Å². The summed E-state index contributed by atoms with van der Waals surface area (Å²) in [6, 6.07) is 8.02. The standard InChI is InChI=1S/C13H19BrN2S/c1-3-9-16(10-4-2)13(17)15-12-8-6-5-7-11(12)14/h5-8H,3-4,9-10H2,1-2H3,(H,15,17). The Bertz CT molecular complexity index is 362. The third kappa shape index (κ3) is 4.64. The van der Waals surface area contributed by atoms with Gasteiger partial charge in [-0.3, -0.25) is 0 Å². The molecule has 0 aliphatic carbocycles. The van der Waals surface area contributed by atoms with E-state index in [1.807, 2.05) is 24.3 Å². The quantitative estimate of drug-likeness (QED) is 0.817. The third-order valence-electron chi connectivity index (χ3n) is 2.39. The summed E-state index contributed by atoms with van der Waals surface area (Å²) in [5.41, 5.74) is 1.02. The largest absolute Gasteiger partial charge is 0.349 e. The van der Waals surface area contributed by atoms with Crippen molar-refractivity contribution in [1.82, 2.24) is 4.90 Å². The molecule has 0 heterocycles.